The summed E-state index contributed by atoms with van der Waals surface area (Å²) in [6, 6.07) is 10.1. The van der Waals surface area contributed by atoms with Crippen LogP contribution >= 0.6 is 11.8 Å². The standard InChI is InChI=1S/C12H13N3S/c1-2-8-15-12(13)16-9-11(14-15)10-6-4-3-5-7-10/h2-7,13H,1,8-9H2. The molecular formula is C12H13N3S. The van der Waals surface area contributed by atoms with Gasteiger partial charge in [-0.15, -0.1) is 6.58 Å². The van der Waals surface area contributed by atoms with Crippen LogP contribution in [0, 0.1) is 5.41 Å². The average molecular weight is 231 g/mol. The molecule has 0 spiro atoms. The highest BCUT2D eigenvalue weighted by Crippen LogP contribution is 2.18. The van der Waals surface area contributed by atoms with Gasteiger partial charge in [-0.25, -0.2) is 5.01 Å². The van der Waals surface area contributed by atoms with Crippen molar-refractivity contribution in [2.24, 2.45) is 5.10 Å². The molecule has 1 aliphatic heterocycles. The normalized spacial score (nSPS) is 15.9. The summed E-state index contributed by atoms with van der Waals surface area (Å²) in [5, 5.41) is 14.3. The van der Waals surface area contributed by atoms with E-state index in [9.17, 15) is 0 Å². The second-order valence-corrected chi connectivity index (χ2v) is 4.34. The number of rotatable bonds is 3. The summed E-state index contributed by atoms with van der Waals surface area (Å²) >= 11 is 1.50. The van der Waals surface area contributed by atoms with E-state index in [2.05, 4.69) is 11.7 Å². The lowest BCUT2D eigenvalue weighted by molar-refractivity contribution is 0.500. The van der Waals surface area contributed by atoms with Gasteiger partial charge in [0, 0.05) is 5.75 Å². The Morgan fingerprint density at radius 2 is 2.19 bits per heavy atom. The second kappa shape index (κ2) is 4.99. The molecule has 1 heterocycles. The van der Waals surface area contributed by atoms with Gasteiger partial charge < -0.3 is 0 Å². The maximum Gasteiger partial charge on any atom is 0.177 e. The Balaban J connectivity index is 2.25. The Morgan fingerprint density at radius 3 is 2.88 bits per heavy atom. The molecule has 0 bridgehead atoms. The first-order valence-electron chi connectivity index (χ1n) is 5.04. The molecule has 0 aliphatic carbocycles. The van der Waals surface area contributed by atoms with Crippen LogP contribution in [0.4, 0.5) is 0 Å². The number of hydrogen-bond donors (Lipinski definition) is 1. The summed E-state index contributed by atoms with van der Waals surface area (Å²) in [6.07, 6.45) is 1.76. The molecule has 0 aromatic heterocycles. The van der Waals surface area contributed by atoms with Crippen LogP contribution in [-0.4, -0.2) is 28.2 Å². The molecule has 1 aromatic rings. The zero-order chi connectivity index (χ0) is 11.4. The molecule has 0 unspecified atom stereocenters. The van der Waals surface area contributed by atoms with E-state index in [1.807, 2.05) is 30.3 Å². The summed E-state index contributed by atoms with van der Waals surface area (Å²) in [4.78, 5) is 0. The molecule has 0 fully saturated rings. The van der Waals surface area contributed by atoms with Crippen molar-refractivity contribution in [3.63, 3.8) is 0 Å². The fourth-order valence-corrected chi connectivity index (χ4v) is 2.21. The lowest BCUT2D eigenvalue weighted by Gasteiger charge is -2.24. The van der Waals surface area contributed by atoms with E-state index in [0.717, 1.165) is 17.0 Å². The fraction of sp³-hybridized carbons (Fsp3) is 0.167. The molecule has 1 aromatic carbocycles. The van der Waals surface area contributed by atoms with Crippen molar-refractivity contribution in [1.29, 1.82) is 5.41 Å². The van der Waals surface area contributed by atoms with E-state index in [1.54, 1.807) is 11.1 Å². The van der Waals surface area contributed by atoms with Crippen molar-refractivity contribution >= 4 is 22.6 Å². The lowest BCUT2D eigenvalue weighted by atomic mass is 10.1. The molecule has 2 rings (SSSR count). The third-order valence-electron chi connectivity index (χ3n) is 2.23. The Morgan fingerprint density at radius 1 is 1.44 bits per heavy atom. The largest absolute Gasteiger partial charge is 0.277 e. The number of nitrogens with zero attached hydrogens (tertiary/aromatic N) is 2. The van der Waals surface area contributed by atoms with Crippen LogP contribution in [-0.2, 0) is 0 Å². The average Bonchev–Trinajstić information content (AvgIpc) is 2.33. The molecule has 0 atom stereocenters. The molecule has 0 radical (unpaired) electrons. The van der Waals surface area contributed by atoms with Gasteiger partial charge in [0.15, 0.2) is 5.17 Å². The van der Waals surface area contributed by atoms with Crippen LogP contribution in [0.2, 0.25) is 0 Å². The quantitative estimate of drug-likeness (QED) is 0.812. The van der Waals surface area contributed by atoms with Crippen molar-refractivity contribution in [3.05, 3.63) is 48.6 Å². The first-order chi connectivity index (χ1) is 7.81. The van der Waals surface area contributed by atoms with Crippen LogP contribution in [0.3, 0.4) is 0 Å². The van der Waals surface area contributed by atoms with Gasteiger partial charge in [0.05, 0.1) is 12.3 Å². The van der Waals surface area contributed by atoms with Gasteiger partial charge in [-0.05, 0) is 5.56 Å². The summed E-state index contributed by atoms with van der Waals surface area (Å²) < 4.78 is 0. The molecule has 82 valence electrons. The maximum atomic E-state index is 7.74. The lowest BCUT2D eigenvalue weighted by Crippen LogP contribution is -2.30. The third-order valence-corrected chi connectivity index (χ3v) is 3.13. The first-order valence-corrected chi connectivity index (χ1v) is 6.02. The SMILES string of the molecule is C=CCN1N=C(c2ccccc2)CSC1=N. The smallest absolute Gasteiger partial charge is 0.177 e. The second-order valence-electron chi connectivity index (χ2n) is 3.38. The first kappa shape index (κ1) is 11.0. The van der Waals surface area contributed by atoms with Crippen LogP contribution in [0.25, 0.3) is 0 Å². The van der Waals surface area contributed by atoms with Gasteiger partial charge >= 0.3 is 0 Å². The number of hydrogen-bond acceptors (Lipinski definition) is 3. The molecular weight excluding hydrogens is 218 g/mol. The van der Waals surface area contributed by atoms with Crippen molar-refractivity contribution in [3.8, 4) is 0 Å². The minimum atomic E-state index is 0.486. The summed E-state index contributed by atoms with van der Waals surface area (Å²) in [7, 11) is 0. The number of amidine groups is 1. The van der Waals surface area contributed by atoms with Gasteiger partial charge in [0.25, 0.3) is 0 Å². The van der Waals surface area contributed by atoms with Crippen LogP contribution in [0.15, 0.2) is 48.1 Å². The number of benzene rings is 1. The van der Waals surface area contributed by atoms with E-state index in [1.165, 1.54) is 11.8 Å². The zero-order valence-electron chi connectivity index (χ0n) is 8.89. The van der Waals surface area contributed by atoms with Crippen LogP contribution in [0.1, 0.15) is 5.56 Å². The Labute approximate surface area is 99.4 Å². The Kier molecular flexibility index (Phi) is 3.41. The van der Waals surface area contributed by atoms with Crippen molar-refractivity contribution in [2.45, 2.75) is 0 Å². The predicted octanol–water partition coefficient (Wildman–Crippen LogP) is 2.56. The van der Waals surface area contributed by atoms with E-state index in [-0.39, 0.29) is 0 Å². The molecule has 1 aliphatic rings. The zero-order valence-corrected chi connectivity index (χ0v) is 9.70. The van der Waals surface area contributed by atoms with E-state index < -0.39 is 0 Å². The van der Waals surface area contributed by atoms with Crippen molar-refractivity contribution in [1.82, 2.24) is 5.01 Å². The van der Waals surface area contributed by atoms with Crippen molar-refractivity contribution < 1.29 is 0 Å². The molecule has 16 heavy (non-hydrogen) atoms. The third kappa shape index (κ3) is 2.33. The Hall–Kier alpha value is -1.55. The van der Waals surface area contributed by atoms with Crippen LogP contribution in [0.5, 0.6) is 0 Å². The molecule has 0 amide bonds. The van der Waals surface area contributed by atoms with Crippen LogP contribution < -0.4 is 0 Å². The van der Waals surface area contributed by atoms with Gasteiger partial charge in [0.1, 0.15) is 0 Å². The minimum Gasteiger partial charge on any atom is -0.277 e. The van der Waals surface area contributed by atoms with E-state index in [0.29, 0.717) is 11.7 Å². The van der Waals surface area contributed by atoms with Gasteiger partial charge in [-0.3, -0.25) is 5.41 Å². The van der Waals surface area contributed by atoms with E-state index in [4.69, 9.17) is 5.41 Å². The predicted molar refractivity (Wildman–Crippen MR) is 70.1 cm³/mol. The fourth-order valence-electron chi connectivity index (χ4n) is 1.45. The highest BCUT2D eigenvalue weighted by Gasteiger charge is 2.17. The minimum absolute atomic E-state index is 0.486. The molecule has 1 N–H and O–H groups in total. The maximum absolute atomic E-state index is 7.74. The number of hydrazone groups is 1. The molecule has 4 heteroatoms. The van der Waals surface area contributed by atoms with Crippen molar-refractivity contribution in [2.75, 3.05) is 12.3 Å². The summed E-state index contributed by atoms with van der Waals surface area (Å²) in [6.45, 7) is 4.26. The highest BCUT2D eigenvalue weighted by molar-refractivity contribution is 8.14. The van der Waals surface area contributed by atoms with Gasteiger partial charge in [-0.2, -0.15) is 5.10 Å². The number of thioether (sulfide) groups is 1. The van der Waals surface area contributed by atoms with E-state index >= 15 is 0 Å². The molecule has 0 saturated carbocycles. The summed E-state index contributed by atoms with van der Waals surface area (Å²) in [5.41, 5.74) is 2.14. The molecule has 0 saturated heterocycles. The molecule has 3 nitrogen and oxygen atoms in total. The summed E-state index contributed by atoms with van der Waals surface area (Å²) in [5.74, 6) is 0.760. The number of nitrogens with one attached hydrogen (secondary N) is 1. The topological polar surface area (TPSA) is 39.5 Å². The van der Waals surface area contributed by atoms with Gasteiger partial charge in [-0.1, -0.05) is 48.2 Å². The van der Waals surface area contributed by atoms with Gasteiger partial charge in [0.2, 0.25) is 0 Å². The highest BCUT2D eigenvalue weighted by atomic mass is 32.2. The monoisotopic (exact) mass is 231 g/mol. The Bertz CT molecular complexity index is 425.